The lowest BCUT2D eigenvalue weighted by molar-refractivity contribution is -0.117. The number of aryl methyl sites for hydroxylation is 1. The SMILES string of the molecule is C=CCn1c(SCC(=O)NC(=O)NC)nc2sc3c(c2c1=O)[C@H](C)CCC3. The smallest absolute Gasteiger partial charge is 0.321 e. The molecule has 0 unspecified atom stereocenters. The average molecular weight is 407 g/mol. The second-order valence-corrected chi connectivity index (χ2v) is 8.45. The molecular weight excluding hydrogens is 384 g/mol. The number of carbonyl (C=O) groups is 2. The zero-order valence-corrected chi connectivity index (χ0v) is 17.0. The number of imide groups is 1. The summed E-state index contributed by atoms with van der Waals surface area (Å²) in [6.45, 7) is 6.21. The number of nitrogens with one attached hydrogen (secondary N) is 2. The van der Waals surface area contributed by atoms with Crippen LogP contribution in [0.2, 0.25) is 0 Å². The van der Waals surface area contributed by atoms with Gasteiger partial charge in [0.2, 0.25) is 5.91 Å². The van der Waals surface area contributed by atoms with Gasteiger partial charge < -0.3 is 5.32 Å². The monoisotopic (exact) mass is 406 g/mol. The Morgan fingerprint density at radius 2 is 2.26 bits per heavy atom. The van der Waals surface area contributed by atoms with E-state index in [4.69, 9.17) is 0 Å². The summed E-state index contributed by atoms with van der Waals surface area (Å²) in [5, 5.41) is 5.71. The van der Waals surface area contributed by atoms with Crippen molar-refractivity contribution in [3.8, 4) is 0 Å². The van der Waals surface area contributed by atoms with E-state index in [-0.39, 0.29) is 11.3 Å². The Hall–Kier alpha value is -2.13. The van der Waals surface area contributed by atoms with Crippen LogP contribution in [0.5, 0.6) is 0 Å². The highest BCUT2D eigenvalue weighted by atomic mass is 32.2. The molecule has 2 aromatic rings. The molecule has 0 spiro atoms. The number of hydrogen-bond acceptors (Lipinski definition) is 6. The standard InChI is InChI=1S/C18H22N4O3S2/c1-4-8-22-16(24)14-13-10(2)6-5-7-11(13)27-15(14)21-18(22)26-9-12(23)20-17(25)19-3/h4,10H,1,5-9H2,2-3H3,(H2,19,20,23,25)/t10-/m1/s1. The van der Waals surface area contributed by atoms with Crippen LogP contribution in [0.1, 0.15) is 36.1 Å². The van der Waals surface area contributed by atoms with Crippen molar-refractivity contribution in [1.29, 1.82) is 0 Å². The second-order valence-electron chi connectivity index (χ2n) is 6.43. The van der Waals surface area contributed by atoms with Gasteiger partial charge >= 0.3 is 6.03 Å². The number of rotatable bonds is 5. The fraction of sp³-hybridized carbons (Fsp3) is 0.444. The van der Waals surface area contributed by atoms with Crippen molar-refractivity contribution in [2.75, 3.05) is 12.8 Å². The van der Waals surface area contributed by atoms with Crippen LogP contribution >= 0.6 is 23.1 Å². The van der Waals surface area contributed by atoms with Gasteiger partial charge in [0.05, 0.1) is 11.1 Å². The molecule has 0 radical (unpaired) electrons. The summed E-state index contributed by atoms with van der Waals surface area (Å²) < 4.78 is 1.56. The molecule has 2 heterocycles. The molecule has 0 fully saturated rings. The molecule has 27 heavy (non-hydrogen) atoms. The second kappa shape index (κ2) is 8.26. The summed E-state index contributed by atoms with van der Waals surface area (Å²) in [6, 6.07) is -0.563. The first kappa shape index (κ1) is 19.6. The summed E-state index contributed by atoms with van der Waals surface area (Å²) in [7, 11) is 1.44. The van der Waals surface area contributed by atoms with Crippen LogP contribution < -0.4 is 16.2 Å². The number of thioether (sulfide) groups is 1. The summed E-state index contributed by atoms with van der Waals surface area (Å²) in [4.78, 5) is 43.0. The fourth-order valence-corrected chi connectivity index (χ4v) is 5.49. The third-order valence-corrected chi connectivity index (χ3v) is 6.68. The van der Waals surface area contributed by atoms with Gasteiger partial charge in [0.25, 0.3) is 5.56 Å². The Kier molecular flexibility index (Phi) is 6.01. The molecule has 0 saturated heterocycles. The minimum atomic E-state index is -0.563. The molecule has 1 aliphatic rings. The van der Waals surface area contributed by atoms with Crippen molar-refractivity contribution >= 4 is 45.3 Å². The molecule has 3 rings (SSSR count). The Bertz CT molecular complexity index is 964. The molecular formula is C18H22N4O3S2. The number of allylic oxidation sites excluding steroid dienone is 1. The molecule has 0 aliphatic heterocycles. The predicted molar refractivity (Wildman–Crippen MR) is 109 cm³/mol. The molecule has 144 valence electrons. The van der Waals surface area contributed by atoms with Crippen LogP contribution in [0, 0.1) is 0 Å². The maximum atomic E-state index is 13.2. The lowest BCUT2D eigenvalue weighted by atomic mass is 9.88. The van der Waals surface area contributed by atoms with E-state index in [1.54, 1.807) is 22.0 Å². The van der Waals surface area contributed by atoms with E-state index in [0.29, 0.717) is 23.0 Å². The van der Waals surface area contributed by atoms with Gasteiger partial charge in [-0.05, 0) is 30.7 Å². The van der Waals surface area contributed by atoms with E-state index < -0.39 is 11.9 Å². The van der Waals surface area contributed by atoms with Crippen LogP contribution in [-0.4, -0.2) is 34.3 Å². The maximum Gasteiger partial charge on any atom is 0.321 e. The third-order valence-electron chi connectivity index (χ3n) is 4.55. The van der Waals surface area contributed by atoms with Gasteiger partial charge in [-0.2, -0.15) is 0 Å². The Morgan fingerprint density at radius 3 is 2.96 bits per heavy atom. The summed E-state index contributed by atoms with van der Waals surface area (Å²) in [6.07, 6.45) is 4.84. The van der Waals surface area contributed by atoms with Gasteiger partial charge in [-0.1, -0.05) is 24.8 Å². The number of nitrogens with zero attached hydrogens (tertiary/aromatic N) is 2. The maximum absolute atomic E-state index is 13.2. The van der Waals surface area contributed by atoms with E-state index in [1.165, 1.54) is 11.9 Å². The molecule has 3 amide bonds. The third kappa shape index (κ3) is 3.93. The Balaban J connectivity index is 1.99. The highest BCUT2D eigenvalue weighted by Gasteiger charge is 2.26. The molecule has 1 atom stereocenters. The normalized spacial score (nSPS) is 16.0. The number of aromatic nitrogens is 2. The first-order chi connectivity index (χ1) is 13.0. The van der Waals surface area contributed by atoms with Crippen molar-refractivity contribution < 1.29 is 9.59 Å². The van der Waals surface area contributed by atoms with E-state index in [0.717, 1.165) is 41.4 Å². The average Bonchev–Trinajstić information content (AvgIpc) is 3.02. The minimum Gasteiger partial charge on any atom is -0.341 e. The van der Waals surface area contributed by atoms with Gasteiger partial charge in [0.1, 0.15) is 4.83 Å². The predicted octanol–water partition coefficient (Wildman–Crippen LogP) is 2.63. The first-order valence-corrected chi connectivity index (χ1v) is 10.6. The van der Waals surface area contributed by atoms with Gasteiger partial charge in [0, 0.05) is 18.5 Å². The van der Waals surface area contributed by atoms with Gasteiger partial charge in [0.15, 0.2) is 5.16 Å². The van der Waals surface area contributed by atoms with E-state index in [2.05, 4.69) is 29.1 Å². The number of hydrogen-bond donors (Lipinski definition) is 2. The van der Waals surface area contributed by atoms with Crippen molar-refractivity contribution in [1.82, 2.24) is 20.2 Å². The van der Waals surface area contributed by atoms with E-state index in [9.17, 15) is 14.4 Å². The van der Waals surface area contributed by atoms with Gasteiger partial charge in [-0.3, -0.25) is 19.5 Å². The Labute approximate surface area is 165 Å². The van der Waals surface area contributed by atoms with Gasteiger partial charge in [-0.25, -0.2) is 9.78 Å². The molecule has 1 aliphatic carbocycles. The van der Waals surface area contributed by atoms with Crippen LogP contribution in [0.25, 0.3) is 10.2 Å². The van der Waals surface area contributed by atoms with E-state index in [1.807, 2.05) is 0 Å². The molecule has 9 heteroatoms. The van der Waals surface area contributed by atoms with Crippen molar-refractivity contribution in [3.63, 3.8) is 0 Å². The topological polar surface area (TPSA) is 93.1 Å². The number of thiophene rings is 1. The quantitative estimate of drug-likeness (QED) is 0.452. The van der Waals surface area contributed by atoms with Crippen LogP contribution in [0.4, 0.5) is 4.79 Å². The van der Waals surface area contributed by atoms with E-state index >= 15 is 0 Å². The summed E-state index contributed by atoms with van der Waals surface area (Å²) >= 11 is 2.72. The number of carbonyl (C=O) groups excluding carboxylic acids is 2. The molecule has 0 aromatic carbocycles. The number of urea groups is 1. The van der Waals surface area contributed by atoms with Crippen LogP contribution in [0.3, 0.4) is 0 Å². The van der Waals surface area contributed by atoms with Crippen molar-refractivity contribution in [3.05, 3.63) is 33.4 Å². The number of amides is 3. The molecule has 2 N–H and O–H groups in total. The largest absolute Gasteiger partial charge is 0.341 e. The van der Waals surface area contributed by atoms with Crippen LogP contribution in [-0.2, 0) is 17.8 Å². The lowest BCUT2D eigenvalue weighted by Gasteiger charge is -2.18. The highest BCUT2D eigenvalue weighted by Crippen LogP contribution is 2.40. The fourth-order valence-electron chi connectivity index (χ4n) is 3.31. The van der Waals surface area contributed by atoms with Crippen molar-refractivity contribution in [2.45, 2.75) is 43.8 Å². The zero-order valence-electron chi connectivity index (χ0n) is 15.3. The lowest BCUT2D eigenvalue weighted by Crippen LogP contribution is -2.38. The zero-order chi connectivity index (χ0) is 19.6. The molecule has 0 saturated carbocycles. The molecule has 7 nitrogen and oxygen atoms in total. The summed E-state index contributed by atoms with van der Waals surface area (Å²) in [5.41, 5.74) is 1.06. The van der Waals surface area contributed by atoms with Crippen LogP contribution in [0.15, 0.2) is 22.6 Å². The first-order valence-electron chi connectivity index (χ1n) is 8.77. The Morgan fingerprint density at radius 1 is 1.48 bits per heavy atom. The minimum absolute atomic E-state index is 0.00992. The molecule has 0 bridgehead atoms. The summed E-state index contributed by atoms with van der Waals surface area (Å²) in [5.74, 6) is -0.103. The molecule has 2 aromatic heterocycles. The van der Waals surface area contributed by atoms with Crippen molar-refractivity contribution in [2.24, 2.45) is 0 Å². The highest BCUT2D eigenvalue weighted by molar-refractivity contribution is 7.99. The van der Waals surface area contributed by atoms with Gasteiger partial charge in [-0.15, -0.1) is 17.9 Å². The number of fused-ring (bicyclic) bond motifs is 3.